The van der Waals surface area contributed by atoms with Gasteiger partial charge in [-0.15, -0.1) is 0 Å². The topological polar surface area (TPSA) is 47.6 Å². The summed E-state index contributed by atoms with van der Waals surface area (Å²) in [4.78, 5) is 12.7. The fourth-order valence-corrected chi connectivity index (χ4v) is 2.89. The predicted molar refractivity (Wildman–Crippen MR) is 105 cm³/mol. The maximum atomic E-state index is 12.7. The van der Waals surface area contributed by atoms with Crippen molar-refractivity contribution in [2.24, 2.45) is 0 Å². The Bertz CT molecular complexity index is 926. The molecule has 0 unspecified atom stereocenters. The van der Waals surface area contributed by atoms with E-state index in [0.717, 1.165) is 10.8 Å². The number of halogens is 1. The number of ether oxygens (including phenoxy) is 2. The zero-order valence-electron chi connectivity index (χ0n) is 14.7. The molecule has 0 aliphatic carbocycles. The van der Waals surface area contributed by atoms with Crippen molar-refractivity contribution in [3.63, 3.8) is 0 Å². The number of carbonyl (C=O) groups excluding carboxylic acids is 1. The Kier molecular flexibility index (Phi) is 5.64. The van der Waals surface area contributed by atoms with E-state index in [4.69, 9.17) is 21.1 Å². The van der Waals surface area contributed by atoms with Crippen molar-refractivity contribution in [3.8, 4) is 11.5 Å². The quantitative estimate of drug-likeness (QED) is 0.641. The third-order valence-electron chi connectivity index (χ3n) is 4.08. The van der Waals surface area contributed by atoms with E-state index < -0.39 is 6.10 Å². The molecule has 1 N–H and O–H groups in total. The molecule has 0 spiro atoms. The van der Waals surface area contributed by atoms with E-state index in [1.807, 2.05) is 49.4 Å². The van der Waals surface area contributed by atoms with Crippen LogP contribution in [-0.4, -0.2) is 19.1 Å². The lowest BCUT2D eigenvalue weighted by molar-refractivity contribution is -0.122. The van der Waals surface area contributed by atoms with Crippen LogP contribution in [0.15, 0.2) is 60.7 Å². The SMILES string of the molecule is CC[C@H](Oc1ccc2ccccc2c1)C(=O)Nc1cc(Cl)ccc1OC. The molecule has 0 heterocycles. The fraction of sp³-hybridized carbons (Fsp3) is 0.190. The summed E-state index contributed by atoms with van der Waals surface area (Å²) in [6.45, 7) is 1.90. The van der Waals surface area contributed by atoms with Gasteiger partial charge in [-0.1, -0.05) is 48.9 Å². The first kappa shape index (κ1) is 18.1. The first-order chi connectivity index (χ1) is 12.6. The third-order valence-corrected chi connectivity index (χ3v) is 4.32. The number of nitrogens with one attached hydrogen (secondary N) is 1. The maximum Gasteiger partial charge on any atom is 0.265 e. The normalized spacial score (nSPS) is 11.8. The van der Waals surface area contributed by atoms with Crippen molar-refractivity contribution in [1.29, 1.82) is 0 Å². The summed E-state index contributed by atoms with van der Waals surface area (Å²) < 4.78 is 11.2. The van der Waals surface area contributed by atoms with Gasteiger partial charge in [0.2, 0.25) is 0 Å². The van der Waals surface area contributed by atoms with Crippen molar-refractivity contribution < 1.29 is 14.3 Å². The standard InChI is InChI=1S/C21H20ClNO3/c1-3-19(21(24)23-18-13-16(22)9-11-20(18)25-2)26-17-10-8-14-6-4-5-7-15(14)12-17/h4-13,19H,3H2,1-2H3,(H,23,24)/t19-/m0/s1. The van der Waals surface area contributed by atoms with Gasteiger partial charge in [-0.2, -0.15) is 0 Å². The molecule has 3 aromatic carbocycles. The Morgan fingerprint density at radius 3 is 2.58 bits per heavy atom. The van der Waals surface area contributed by atoms with Crippen LogP contribution >= 0.6 is 11.6 Å². The molecule has 26 heavy (non-hydrogen) atoms. The zero-order valence-corrected chi connectivity index (χ0v) is 15.4. The van der Waals surface area contributed by atoms with Crippen LogP contribution in [0.3, 0.4) is 0 Å². The highest BCUT2D eigenvalue weighted by Gasteiger charge is 2.20. The van der Waals surface area contributed by atoms with E-state index >= 15 is 0 Å². The largest absolute Gasteiger partial charge is 0.495 e. The molecule has 0 fully saturated rings. The van der Waals surface area contributed by atoms with E-state index in [-0.39, 0.29) is 5.91 Å². The molecule has 0 saturated carbocycles. The minimum atomic E-state index is -0.625. The van der Waals surface area contributed by atoms with Gasteiger partial charge in [0.15, 0.2) is 6.10 Å². The van der Waals surface area contributed by atoms with Crippen molar-refractivity contribution in [3.05, 3.63) is 65.7 Å². The summed E-state index contributed by atoms with van der Waals surface area (Å²) in [5.74, 6) is 0.952. The monoisotopic (exact) mass is 369 g/mol. The molecule has 0 aromatic heterocycles. The van der Waals surface area contributed by atoms with Crippen molar-refractivity contribution in [1.82, 2.24) is 0 Å². The number of hydrogen-bond donors (Lipinski definition) is 1. The molecule has 0 aliphatic heterocycles. The molecule has 3 rings (SSSR count). The number of amides is 1. The van der Waals surface area contributed by atoms with E-state index in [1.54, 1.807) is 25.3 Å². The summed E-state index contributed by atoms with van der Waals surface area (Å²) in [6.07, 6.45) is -0.0958. The number of methoxy groups -OCH3 is 1. The predicted octanol–water partition coefficient (Wildman–Crippen LogP) is 5.30. The zero-order chi connectivity index (χ0) is 18.5. The Labute approximate surface area is 157 Å². The van der Waals surface area contributed by atoms with E-state index in [2.05, 4.69) is 5.32 Å². The summed E-state index contributed by atoms with van der Waals surface area (Å²) >= 11 is 6.02. The minimum Gasteiger partial charge on any atom is -0.495 e. The van der Waals surface area contributed by atoms with Gasteiger partial charge >= 0.3 is 0 Å². The first-order valence-electron chi connectivity index (χ1n) is 8.40. The highest BCUT2D eigenvalue weighted by molar-refractivity contribution is 6.31. The van der Waals surface area contributed by atoms with Crippen LogP contribution in [0.5, 0.6) is 11.5 Å². The number of benzene rings is 3. The first-order valence-corrected chi connectivity index (χ1v) is 8.78. The average Bonchev–Trinajstić information content (AvgIpc) is 2.66. The molecule has 3 aromatic rings. The minimum absolute atomic E-state index is 0.249. The molecule has 1 atom stereocenters. The number of anilines is 1. The Hall–Kier alpha value is -2.72. The van der Waals surface area contributed by atoms with Gasteiger partial charge in [0.25, 0.3) is 5.91 Å². The van der Waals surface area contributed by atoms with Gasteiger partial charge in [0, 0.05) is 5.02 Å². The van der Waals surface area contributed by atoms with Gasteiger partial charge < -0.3 is 14.8 Å². The Morgan fingerprint density at radius 1 is 1.08 bits per heavy atom. The molecular weight excluding hydrogens is 350 g/mol. The van der Waals surface area contributed by atoms with Crippen LogP contribution in [0.1, 0.15) is 13.3 Å². The molecule has 0 radical (unpaired) electrons. The lowest BCUT2D eigenvalue weighted by Gasteiger charge is -2.18. The van der Waals surface area contributed by atoms with Gasteiger partial charge in [0.1, 0.15) is 11.5 Å². The number of hydrogen-bond acceptors (Lipinski definition) is 3. The summed E-state index contributed by atoms with van der Waals surface area (Å²) in [6, 6.07) is 18.9. The molecular formula is C21H20ClNO3. The number of fused-ring (bicyclic) bond motifs is 1. The summed E-state index contributed by atoms with van der Waals surface area (Å²) in [5, 5.41) is 5.55. The highest BCUT2D eigenvalue weighted by Crippen LogP contribution is 2.28. The lowest BCUT2D eigenvalue weighted by Crippen LogP contribution is -2.32. The Balaban J connectivity index is 1.77. The smallest absolute Gasteiger partial charge is 0.265 e. The summed E-state index contributed by atoms with van der Waals surface area (Å²) in [5.41, 5.74) is 0.519. The van der Waals surface area contributed by atoms with Crippen molar-refractivity contribution in [2.45, 2.75) is 19.4 Å². The second kappa shape index (κ2) is 8.11. The van der Waals surface area contributed by atoms with Crippen LogP contribution in [0.25, 0.3) is 10.8 Å². The van der Waals surface area contributed by atoms with Crippen LogP contribution in [-0.2, 0) is 4.79 Å². The Morgan fingerprint density at radius 2 is 1.85 bits per heavy atom. The second-order valence-electron chi connectivity index (χ2n) is 5.86. The van der Waals surface area contributed by atoms with E-state index in [1.165, 1.54) is 0 Å². The van der Waals surface area contributed by atoms with Crippen LogP contribution in [0, 0.1) is 0 Å². The average molecular weight is 370 g/mol. The van der Waals surface area contributed by atoms with Gasteiger partial charge in [-0.25, -0.2) is 0 Å². The van der Waals surface area contributed by atoms with Crippen molar-refractivity contribution >= 4 is 34.0 Å². The molecule has 0 saturated heterocycles. The van der Waals surface area contributed by atoms with E-state index in [9.17, 15) is 4.79 Å². The number of carbonyl (C=O) groups is 1. The van der Waals surface area contributed by atoms with E-state index in [0.29, 0.717) is 28.6 Å². The van der Waals surface area contributed by atoms with Crippen LogP contribution in [0.2, 0.25) is 5.02 Å². The molecule has 0 bridgehead atoms. The molecule has 5 heteroatoms. The molecule has 1 amide bonds. The lowest BCUT2D eigenvalue weighted by atomic mass is 10.1. The number of rotatable bonds is 6. The van der Waals surface area contributed by atoms with Crippen LogP contribution in [0.4, 0.5) is 5.69 Å². The molecule has 0 aliphatic rings. The molecule has 134 valence electrons. The van der Waals surface area contributed by atoms with Crippen LogP contribution < -0.4 is 14.8 Å². The maximum absolute atomic E-state index is 12.7. The van der Waals surface area contributed by atoms with Gasteiger partial charge in [-0.3, -0.25) is 4.79 Å². The summed E-state index contributed by atoms with van der Waals surface area (Å²) in [7, 11) is 1.54. The highest BCUT2D eigenvalue weighted by atomic mass is 35.5. The second-order valence-corrected chi connectivity index (χ2v) is 6.29. The third kappa shape index (κ3) is 4.09. The van der Waals surface area contributed by atoms with Gasteiger partial charge in [0.05, 0.1) is 12.8 Å². The van der Waals surface area contributed by atoms with Gasteiger partial charge in [-0.05, 0) is 47.5 Å². The van der Waals surface area contributed by atoms with Crippen molar-refractivity contribution in [2.75, 3.05) is 12.4 Å². The fourth-order valence-electron chi connectivity index (χ4n) is 2.72. The molecule has 4 nitrogen and oxygen atoms in total.